The van der Waals surface area contributed by atoms with Crippen LogP contribution in [-0.4, -0.2) is 16.9 Å². The van der Waals surface area contributed by atoms with E-state index in [1.165, 1.54) is 6.08 Å². The number of hydrogen-bond donors (Lipinski definition) is 1. The van der Waals surface area contributed by atoms with E-state index in [9.17, 15) is 9.59 Å². The molecule has 0 unspecified atom stereocenters. The number of Topliss-reactive ketones (excluding diaryl/α,β-unsaturated/α-hetero) is 1. The monoisotopic (exact) mass is 180 g/mol. The van der Waals surface area contributed by atoms with Crippen LogP contribution in [0.4, 0.5) is 0 Å². The topological polar surface area (TPSA) is 63.6 Å². The molecule has 0 atom stereocenters. The van der Waals surface area contributed by atoms with Gasteiger partial charge in [-0.3, -0.25) is 4.79 Å². The van der Waals surface area contributed by atoms with Gasteiger partial charge in [0.05, 0.1) is 0 Å². The van der Waals surface area contributed by atoms with Crippen LogP contribution in [-0.2, 0) is 14.3 Å². The number of rotatable bonds is 0. The molecule has 0 aromatic rings. The summed E-state index contributed by atoms with van der Waals surface area (Å²) in [6, 6.07) is 0. The van der Waals surface area contributed by atoms with E-state index < -0.39 is 11.7 Å². The number of ketones is 1. The Kier molecular flexibility index (Phi) is 1.69. The Morgan fingerprint density at radius 3 is 2.54 bits per heavy atom. The second-order valence-corrected chi connectivity index (χ2v) is 3.04. The summed E-state index contributed by atoms with van der Waals surface area (Å²) in [6.45, 7) is 0. The summed E-state index contributed by atoms with van der Waals surface area (Å²) in [5.41, 5.74) is 0.525. The van der Waals surface area contributed by atoms with Crippen molar-refractivity contribution in [3.8, 4) is 0 Å². The van der Waals surface area contributed by atoms with Crippen molar-refractivity contribution < 1.29 is 19.4 Å². The molecule has 13 heavy (non-hydrogen) atoms. The van der Waals surface area contributed by atoms with Crippen LogP contribution in [0, 0.1) is 0 Å². The van der Waals surface area contributed by atoms with Crippen molar-refractivity contribution in [2.45, 2.75) is 19.3 Å². The zero-order valence-electron chi connectivity index (χ0n) is 6.87. The summed E-state index contributed by atoms with van der Waals surface area (Å²) in [5.74, 6) is -0.969. The van der Waals surface area contributed by atoms with Crippen molar-refractivity contribution >= 4 is 11.8 Å². The van der Waals surface area contributed by atoms with Gasteiger partial charge in [0.15, 0.2) is 5.78 Å². The van der Waals surface area contributed by atoms with Crippen LogP contribution in [0.15, 0.2) is 23.2 Å². The molecule has 1 aliphatic heterocycles. The number of ether oxygens (including phenoxy) is 1. The second-order valence-electron chi connectivity index (χ2n) is 3.04. The highest BCUT2D eigenvalue weighted by Gasteiger charge is 2.28. The fourth-order valence-corrected chi connectivity index (χ4v) is 1.49. The molecule has 1 heterocycles. The van der Waals surface area contributed by atoms with Crippen LogP contribution in [0.5, 0.6) is 0 Å². The maximum absolute atomic E-state index is 11.2. The number of cyclic esters (lactones) is 1. The number of hydrogen-bond acceptors (Lipinski definition) is 4. The summed E-state index contributed by atoms with van der Waals surface area (Å²) in [6.07, 6.45) is 3.14. The molecule has 4 heteroatoms. The van der Waals surface area contributed by atoms with Gasteiger partial charge in [-0.15, -0.1) is 0 Å². The average molecular weight is 180 g/mol. The Hall–Kier alpha value is -1.58. The molecule has 1 saturated carbocycles. The molecule has 1 aliphatic carbocycles. The Labute approximate surface area is 74.5 Å². The lowest BCUT2D eigenvalue weighted by Crippen LogP contribution is -2.00. The van der Waals surface area contributed by atoms with Crippen LogP contribution in [0.1, 0.15) is 19.3 Å². The standard InChI is InChI=1S/C9H8O4/c10-6-3-1-2-5(6)8-4-7(11)9(12)13-8/h4,11H,1-3H2/b8-5-. The summed E-state index contributed by atoms with van der Waals surface area (Å²) >= 11 is 0. The summed E-state index contributed by atoms with van der Waals surface area (Å²) in [5, 5.41) is 8.96. The molecule has 2 rings (SSSR count). The van der Waals surface area contributed by atoms with Crippen molar-refractivity contribution in [3.05, 3.63) is 23.2 Å². The van der Waals surface area contributed by atoms with Crippen molar-refractivity contribution in [2.75, 3.05) is 0 Å². The van der Waals surface area contributed by atoms with Crippen molar-refractivity contribution in [2.24, 2.45) is 0 Å². The molecular weight excluding hydrogens is 172 g/mol. The van der Waals surface area contributed by atoms with Crippen LogP contribution in [0.25, 0.3) is 0 Å². The summed E-state index contributed by atoms with van der Waals surface area (Å²) < 4.78 is 4.71. The minimum absolute atomic E-state index is 0.00810. The quantitative estimate of drug-likeness (QED) is 0.446. The molecule has 0 radical (unpaired) electrons. The van der Waals surface area contributed by atoms with Gasteiger partial charge in [-0.25, -0.2) is 4.79 Å². The predicted molar refractivity (Wildman–Crippen MR) is 42.7 cm³/mol. The highest BCUT2D eigenvalue weighted by Crippen LogP contribution is 2.28. The number of allylic oxidation sites excluding steroid dienone is 2. The number of aliphatic hydroxyl groups excluding tert-OH is 1. The first-order valence-corrected chi connectivity index (χ1v) is 4.07. The Bertz CT molecular complexity index is 349. The van der Waals surface area contributed by atoms with Crippen molar-refractivity contribution in [3.63, 3.8) is 0 Å². The van der Waals surface area contributed by atoms with Crippen molar-refractivity contribution in [1.29, 1.82) is 0 Å². The van der Waals surface area contributed by atoms with Gasteiger partial charge >= 0.3 is 5.97 Å². The third-order valence-corrected chi connectivity index (χ3v) is 2.14. The van der Waals surface area contributed by atoms with E-state index in [1.807, 2.05) is 0 Å². The van der Waals surface area contributed by atoms with E-state index in [2.05, 4.69) is 0 Å². The molecule has 0 aromatic carbocycles. The molecule has 0 bridgehead atoms. The maximum atomic E-state index is 11.2. The van der Waals surface area contributed by atoms with Crippen LogP contribution >= 0.6 is 0 Å². The largest absolute Gasteiger partial charge is 0.502 e. The molecule has 0 saturated heterocycles. The molecular formula is C9H8O4. The van der Waals surface area contributed by atoms with Gasteiger partial charge in [-0.2, -0.15) is 0 Å². The van der Waals surface area contributed by atoms with E-state index >= 15 is 0 Å². The Morgan fingerprint density at radius 2 is 2.08 bits per heavy atom. The van der Waals surface area contributed by atoms with Gasteiger partial charge in [-0.1, -0.05) is 0 Å². The highest BCUT2D eigenvalue weighted by atomic mass is 16.6. The first kappa shape index (κ1) is 8.04. The summed E-state index contributed by atoms with van der Waals surface area (Å²) in [4.78, 5) is 22.0. The van der Waals surface area contributed by atoms with E-state index in [1.54, 1.807) is 0 Å². The number of aliphatic hydroxyl groups is 1. The highest BCUT2D eigenvalue weighted by molar-refractivity contribution is 6.00. The van der Waals surface area contributed by atoms with Gasteiger partial charge in [-0.05, 0) is 12.8 Å². The zero-order chi connectivity index (χ0) is 9.42. The molecule has 2 aliphatic rings. The first-order valence-electron chi connectivity index (χ1n) is 4.07. The SMILES string of the molecule is O=C1O/C(=C2/CCCC2=O)C=C1O. The van der Waals surface area contributed by atoms with Gasteiger partial charge in [0.25, 0.3) is 0 Å². The Morgan fingerprint density at radius 1 is 1.31 bits per heavy atom. The van der Waals surface area contributed by atoms with E-state index in [4.69, 9.17) is 9.84 Å². The number of carbonyl (C=O) groups is 2. The first-order chi connectivity index (χ1) is 6.18. The van der Waals surface area contributed by atoms with E-state index in [0.29, 0.717) is 18.4 Å². The third kappa shape index (κ3) is 1.24. The van der Waals surface area contributed by atoms with E-state index in [-0.39, 0.29) is 11.5 Å². The molecule has 68 valence electrons. The average Bonchev–Trinajstić information content (AvgIpc) is 2.60. The molecule has 0 spiro atoms. The molecule has 0 amide bonds. The zero-order valence-corrected chi connectivity index (χ0v) is 6.87. The van der Waals surface area contributed by atoms with Gasteiger partial charge < -0.3 is 9.84 Å². The molecule has 0 aromatic heterocycles. The lowest BCUT2D eigenvalue weighted by Gasteiger charge is -1.98. The van der Waals surface area contributed by atoms with Crippen molar-refractivity contribution in [1.82, 2.24) is 0 Å². The number of esters is 1. The fraction of sp³-hybridized carbons (Fsp3) is 0.333. The summed E-state index contributed by atoms with van der Waals surface area (Å²) in [7, 11) is 0. The van der Waals surface area contributed by atoms with E-state index in [0.717, 1.165) is 6.42 Å². The van der Waals surface area contributed by atoms with Crippen LogP contribution in [0.3, 0.4) is 0 Å². The lowest BCUT2D eigenvalue weighted by molar-refractivity contribution is -0.135. The van der Waals surface area contributed by atoms with Crippen LogP contribution < -0.4 is 0 Å². The Balaban J connectivity index is 2.36. The lowest BCUT2D eigenvalue weighted by atomic mass is 10.2. The van der Waals surface area contributed by atoms with Gasteiger partial charge in [0.2, 0.25) is 5.76 Å². The fourth-order valence-electron chi connectivity index (χ4n) is 1.49. The predicted octanol–water partition coefficient (Wildman–Crippen LogP) is 0.992. The molecule has 1 fully saturated rings. The van der Waals surface area contributed by atoms with Gasteiger partial charge in [0.1, 0.15) is 5.76 Å². The number of carbonyl (C=O) groups excluding carboxylic acids is 2. The molecule has 1 N–H and O–H groups in total. The maximum Gasteiger partial charge on any atom is 0.378 e. The van der Waals surface area contributed by atoms with Crippen LogP contribution in [0.2, 0.25) is 0 Å². The minimum Gasteiger partial charge on any atom is -0.502 e. The normalized spacial score (nSPS) is 27.8. The van der Waals surface area contributed by atoms with Gasteiger partial charge in [0, 0.05) is 18.1 Å². The second kappa shape index (κ2) is 2.73. The minimum atomic E-state index is -0.776. The third-order valence-electron chi connectivity index (χ3n) is 2.14. The smallest absolute Gasteiger partial charge is 0.378 e. The molecule has 4 nitrogen and oxygen atoms in total.